The Morgan fingerprint density at radius 3 is 2.69 bits per heavy atom. The summed E-state index contributed by atoms with van der Waals surface area (Å²) >= 11 is 3.46. The number of aromatic nitrogens is 3. The number of rotatable bonds is 4. The number of halogens is 1. The molecule has 2 aromatic carbocycles. The topological polar surface area (TPSA) is 81.1 Å². The maximum Gasteiger partial charge on any atom is 0.255 e. The van der Waals surface area contributed by atoms with Gasteiger partial charge in [-0.25, -0.2) is 4.68 Å². The molecule has 1 aliphatic rings. The molecule has 148 valence electrons. The number of amides is 1. The lowest BCUT2D eigenvalue weighted by atomic mass is 9.95. The number of nitrogens with one attached hydrogen (secondary N) is 2. The first kappa shape index (κ1) is 19.2. The van der Waals surface area contributed by atoms with Crippen molar-refractivity contribution in [3.8, 4) is 5.75 Å². The molecule has 0 bridgehead atoms. The first-order valence-electron chi connectivity index (χ1n) is 9.06. The molecule has 2 heterocycles. The van der Waals surface area contributed by atoms with Gasteiger partial charge < -0.3 is 15.4 Å². The lowest BCUT2D eigenvalue weighted by Gasteiger charge is -2.29. The Kier molecular flexibility index (Phi) is 5.10. The number of allylic oxidation sites excluding steroid dienone is 1. The second kappa shape index (κ2) is 7.71. The molecule has 7 nitrogen and oxygen atoms in total. The van der Waals surface area contributed by atoms with Crippen LogP contribution in [0.1, 0.15) is 24.1 Å². The molecule has 0 saturated heterocycles. The number of hydrogen-bond acceptors (Lipinski definition) is 5. The summed E-state index contributed by atoms with van der Waals surface area (Å²) < 4.78 is 8.09. The molecule has 29 heavy (non-hydrogen) atoms. The standard InChI is InChI=1S/C21H20BrN5O2/c1-12-4-9-17(29-3)16(10-12)26-20(28)18-13(2)25-21-23-11-24-27(21)19(18)14-5-7-15(22)8-6-14/h4-11,19H,1-3H3,(H,26,28)(H,23,24,25). The van der Waals surface area contributed by atoms with Crippen molar-refractivity contribution in [2.75, 3.05) is 17.7 Å². The summed E-state index contributed by atoms with van der Waals surface area (Å²) in [6.45, 7) is 3.83. The molecular weight excluding hydrogens is 434 g/mol. The molecule has 1 atom stereocenters. The maximum absolute atomic E-state index is 13.4. The fourth-order valence-electron chi connectivity index (χ4n) is 3.45. The van der Waals surface area contributed by atoms with Gasteiger partial charge in [-0.05, 0) is 49.2 Å². The maximum atomic E-state index is 13.4. The molecule has 2 N–H and O–H groups in total. The zero-order chi connectivity index (χ0) is 20.5. The summed E-state index contributed by atoms with van der Waals surface area (Å²) in [6.07, 6.45) is 1.48. The molecule has 1 aromatic heterocycles. The lowest BCUT2D eigenvalue weighted by molar-refractivity contribution is -0.113. The van der Waals surface area contributed by atoms with Gasteiger partial charge in [-0.3, -0.25) is 4.79 Å². The fourth-order valence-corrected chi connectivity index (χ4v) is 3.71. The van der Waals surface area contributed by atoms with Crippen LogP contribution in [0.3, 0.4) is 0 Å². The van der Waals surface area contributed by atoms with Gasteiger partial charge >= 0.3 is 0 Å². The van der Waals surface area contributed by atoms with E-state index in [0.29, 0.717) is 23.0 Å². The molecule has 0 saturated carbocycles. The van der Waals surface area contributed by atoms with Crippen molar-refractivity contribution in [2.45, 2.75) is 19.9 Å². The zero-order valence-corrected chi connectivity index (χ0v) is 17.8. The predicted molar refractivity (Wildman–Crippen MR) is 115 cm³/mol. The van der Waals surface area contributed by atoms with Gasteiger partial charge in [-0.1, -0.05) is 34.1 Å². The van der Waals surface area contributed by atoms with Crippen LogP contribution >= 0.6 is 15.9 Å². The molecule has 3 aromatic rings. The molecule has 0 aliphatic carbocycles. The van der Waals surface area contributed by atoms with Gasteiger partial charge in [0.25, 0.3) is 5.91 Å². The van der Waals surface area contributed by atoms with Crippen molar-refractivity contribution in [2.24, 2.45) is 0 Å². The molecule has 0 fully saturated rings. The number of carbonyl (C=O) groups is 1. The number of ether oxygens (including phenoxy) is 1. The number of carbonyl (C=O) groups excluding carboxylic acids is 1. The Labute approximate surface area is 176 Å². The SMILES string of the molecule is COc1ccc(C)cc1NC(=O)C1=C(C)Nc2ncnn2C1c1ccc(Br)cc1. The number of benzene rings is 2. The first-order chi connectivity index (χ1) is 14.0. The Hall–Kier alpha value is -3.13. The van der Waals surface area contributed by atoms with Crippen LogP contribution in [0.5, 0.6) is 5.75 Å². The fraction of sp³-hybridized carbons (Fsp3) is 0.190. The number of fused-ring (bicyclic) bond motifs is 1. The third kappa shape index (κ3) is 3.63. The molecule has 1 unspecified atom stereocenters. The minimum absolute atomic E-state index is 0.229. The van der Waals surface area contributed by atoms with E-state index < -0.39 is 6.04 Å². The van der Waals surface area contributed by atoms with Crippen molar-refractivity contribution >= 4 is 33.5 Å². The number of methoxy groups -OCH3 is 1. The Balaban J connectivity index is 1.76. The van der Waals surface area contributed by atoms with Crippen LogP contribution < -0.4 is 15.4 Å². The van der Waals surface area contributed by atoms with Gasteiger partial charge in [0.15, 0.2) is 0 Å². The minimum Gasteiger partial charge on any atom is -0.495 e. The van der Waals surface area contributed by atoms with Crippen LogP contribution in [-0.4, -0.2) is 27.8 Å². The highest BCUT2D eigenvalue weighted by Crippen LogP contribution is 2.36. The van der Waals surface area contributed by atoms with Crippen LogP contribution in [0.25, 0.3) is 0 Å². The molecule has 4 rings (SSSR count). The second-order valence-electron chi connectivity index (χ2n) is 6.80. The molecular formula is C21H20BrN5O2. The highest BCUT2D eigenvalue weighted by atomic mass is 79.9. The van der Waals surface area contributed by atoms with Gasteiger partial charge in [-0.15, -0.1) is 0 Å². The quantitative estimate of drug-likeness (QED) is 0.615. The summed E-state index contributed by atoms with van der Waals surface area (Å²) in [4.78, 5) is 17.7. The van der Waals surface area contributed by atoms with Crippen LogP contribution in [0.4, 0.5) is 11.6 Å². The molecule has 1 aliphatic heterocycles. The Morgan fingerprint density at radius 2 is 1.97 bits per heavy atom. The number of aryl methyl sites for hydroxylation is 1. The van der Waals surface area contributed by atoms with E-state index in [2.05, 4.69) is 36.6 Å². The number of nitrogens with zero attached hydrogens (tertiary/aromatic N) is 3. The van der Waals surface area contributed by atoms with Crippen molar-refractivity contribution in [1.29, 1.82) is 0 Å². The van der Waals surface area contributed by atoms with Crippen molar-refractivity contribution < 1.29 is 9.53 Å². The Bertz CT molecular complexity index is 1100. The van der Waals surface area contributed by atoms with Crippen LogP contribution in [0.2, 0.25) is 0 Å². The van der Waals surface area contributed by atoms with E-state index >= 15 is 0 Å². The van der Waals surface area contributed by atoms with Gasteiger partial charge in [0.2, 0.25) is 5.95 Å². The third-order valence-corrected chi connectivity index (χ3v) is 5.36. The van der Waals surface area contributed by atoms with Gasteiger partial charge in [-0.2, -0.15) is 10.1 Å². The summed E-state index contributed by atoms with van der Waals surface area (Å²) in [6, 6.07) is 13.1. The summed E-state index contributed by atoms with van der Waals surface area (Å²) in [7, 11) is 1.58. The van der Waals surface area contributed by atoms with Gasteiger partial charge in [0.1, 0.15) is 18.1 Å². The average molecular weight is 454 g/mol. The highest BCUT2D eigenvalue weighted by Gasteiger charge is 2.33. The third-order valence-electron chi connectivity index (χ3n) is 4.83. The lowest BCUT2D eigenvalue weighted by Crippen LogP contribution is -2.31. The molecule has 8 heteroatoms. The van der Waals surface area contributed by atoms with Crippen LogP contribution in [0, 0.1) is 6.92 Å². The van der Waals surface area contributed by atoms with Gasteiger partial charge in [0, 0.05) is 10.2 Å². The minimum atomic E-state index is -0.405. The zero-order valence-electron chi connectivity index (χ0n) is 16.2. The van der Waals surface area contributed by atoms with Crippen molar-refractivity contribution in [1.82, 2.24) is 14.8 Å². The highest BCUT2D eigenvalue weighted by molar-refractivity contribution is 9.10. The van der Waals surface area contributed by atoms with E-state index in [-0.39, 0.29) is 5.91 Å². The van der Waals surface area contributed by atoms with E-state index in [1.807, 2.05) is 56.3 Å². The molecule has 0 radical (unpaired) electrons. The predicted octanol–water partition coefficient (Wildman–Crippen LogP) is 4.29. The van der Waals surface area contributed by atoms with Crippen LogP contribution in [-0.2, 0) is 4.79 Å². The van der Waals surface area contributed by atoms with E-state index in [9.17, 15) is 4.79 Å². The van der Waals surface area contributed by atoms with Crippen molar-refractivity contribution in [3.63, 3.8) is 0 Å². The smallest absolute Gasteiger partial charge is 0.255 e. The van der Waals surface area contributed by atoms with E-state index in [1.165, 1.54) is 6.33 Å². The summed E-state index contributed by atoms with van der Waals surface area (Å²) in [5.41, 5.74) is 3.87. The molecule has 1 amide bonds. The second-order valence-corrected chi connectivity index (χ2v) is 7.72. The Morgan fingerprint density at radius 1 is 1.21 bits per heavy atom. The summed E-state index contributed by atoms with van der Waals surface area (Å²) in [5.74, 6) is 0.973. The average Bonchev–Trinajstić information content (AvgIpc) is 3.15. The largest absolute Gasteiger partial charge is 0.495 e. The van der Waals surface area contributed by atoms with Crippen LogP contribution in [0.15, 0.2) is 64.5 Å². The van der Waals surface area contributed by atoms with E-state index in [4.69, 9.17) is 4.74 Å². The van der Waals surface area contributed by atoms with E-state index in [1.54, 1.807) is 11.8 Å². The normalized spacial score (nSPS) is 15.5. The van der Waals surface area contributed by atoms with Gasteiger partial charge in [0.05, 0.1) is 18.4 Å². The first-order valence-corrected chi connectivity index (χ1v) is 9.86. The van der Waals surface area contributed by atoms with Crippen molar-refractivity contribution in [3.05, 3.63) is 75.7 Å². The number of hydrogen-bond donors (Lipinski definition) is 2. The summed E-state index contributed by atoms with van der Waals surface area (Å²) in [5, 5.41) is 10.5. The number of anilines is 2. The monoisotopic (exact) mass is 453 g/mol. The molecule has 0 spiro atoms. The van der Waals surface area contributed by atoms with E-state index in [0.717, 1.165) is 21.3 Å².